The molecular weight excluding hydrogens is 397 g/mol. The standard InChI is InChI=1S/C19H24FN5O3S/c1-15-13-18(23-9-11-28-12-10-23)22-19(21-15)24-5-7-25(8-6-24)29(26,27)17-4-2-3-16(20)14-17/h2-4,13-14H,5-12H2,1H3. The first-order valence-corrected chi connectivity index (χ1v) is 11.1. The maximum Gasteiger partial charge on any atom is 0.243 e. The second-order valence-electron chi connectivity index (χ2n) is 7.12. The molecule has 0 N–H and O–H groups in total. The van der Waals surface area contributed by atoms with Crippen LogP contribution in [0.3, 0.4) is 0 Å². The highest BCUT2D eigenvalue weighted by atomic mass is 32.2. The van der Waals surface area contributed by atoms with Crippen LogP contribution in [0.1, 0.15) is 5.69 Å². The van der Waals surface area contributed by atoms with E-state index in [1.165, 1.54) is 22.5 Å². The van der Waals surface area contributed by atoms with Gasteiger partial charge in [-0.05, 0) is 25.1 Å². The monoisotopic (exact) mass is 421 g/mol. The van der Waals surface area contributed by atoms with Crippen molar-refractivity contribution < 1.29 is 17.5 Å². The van der Waals surface area contributed by atoms with Crippen LogP contribution >= 0.6 is 0 Å². The molecule has 1 aromatic carbocycles. The van der Waals surface area contributed by atoms with Crippen LogP contribution in [0.15, 0.2) is 35.2 Å². The van der Waals surface area contributed by atoms with Crippen molar-refractivity contribution in [3.8, 4) is 0 Å². The van der Waals surface area contributed by atoms with E-state index >= 15 is 0 Å². The fourth-order valence-electron chi connectivity index (χ4n) is 3.54. The van der Waals surface area contributed by atoms with Crippen LogP contribution in [-0.4, -0.2) is 75.2 Å². The van der Waals surface area contributed by atoms with Gasteiger partial charge in [0, 0.05) is 51.0 Å². The zero-order valence-electron chi connectivity index (χ0n) is 16.3. The van der Waals surface area contributed by atoms with Crippen molar-refractivity contribution in [1.29, 1.82) is 0 Å². The number of nitrogens with zero attached hydrogens (tertiary/aromatic N) is 5. The van der Waals surface area contributed by atoms with E-state index in [4.69, 9.17) is 9.72 Å². The van der Waals surface area contributed by atoms with Gasteiger partial charge >= 0.3 is 0 Å². The smallest absolute Gasteiger partial charge is 0.243 e. The number of benzene rings is 1. The minimum Gasteiger partial charge on any atom is -0.378 e. The van der Waals surface area contributed by atoms with Crippen molar-refractivity contribution in [2.24, 2.45) is 0 Å². The molecule has 0 aliphatic carbocycles. The minimum atomic E-state index is -3.72. The fourth-order valence-corrected chi connectivity index (χ4v) is 4.99. The van der Waals surface area contributed by atoms with Gasteiger partial charge in [0.25, 0.3) is 0 Å². The Hall–Kier alpha value is -2.30. The SMILES string of the molecule is Cc1cc(N2CCOCC2)nc(N2CCN(S(=O)(=O)c3cccc(F)c3)CC2)n1. The van der Waals surface area contributed by atoms with Gasteiger partial charge in [0.05, 0.1) is 18.1 Å². The molecule has 0 radical (unpaired) electrons. The summed E-state index contributed by atoms with van der Waals surface area (Å²) in [5, 5.41) is 0. The molecule has 156 valence electrons. The fraction of sp³-hybridized carbons (Fsp3) is 0.474. The van der Waals surface area contributed by atoms with Crippen LogP contribution < -0.4 is 9.80 Å². The third-order valence-corrected chi connectivity index (χ3v) is 7.01. The van der Waals surface area contributed by atoms with Crippen molar-refractivity contribution in [2.45, 2.75) is 11.8 Å². The third-order valence-electron chi connectivity index (χ3n) is 5.12. The van der Waals surface area contributed by atoms with E-state index in [0.29, 0.717) is 45.3 Å². The first-order chi connectivity index (χ1) is 13.9. The molecular formula is C19H24FN5O3S. The summed E-state index contributed by atoms with van der Waals surface area (Å²) >= 11 is 0. The maximum absolute atomic E-state index is 13.5. The van der Waals surface area contributed by atoms with Gasteiger partial charge in [-0.3, -0.25) is 0 Å². The van der Waals surface area contributed by atoms with Gasteiger partial charge in [-0.25, -0.2) is 17.8 Å². The molecule has 0 amide bonds. The summed E-state index contributed by atoms with van der Waals surface area (Å²) in [5.74, 6) is 0.911. The van der Waals surface area contributed by atoms with E-state index in [-0.39, 0.29) is 4.90 Å². The topological polar surface area (TPSA) is 78.9 Å². The Labute approximate surface area is 170 Å². The zero-order chi connectivity index (χ0) is 20.4. The van der Waals surface area contributed by atoms with Gasteiger partial charge in [0.15, 0.2) is 0 Å². The van der Waals surface area contributed by atoms with E-state index in [2.05, 4.69) is 9.88 Å². The predicted molar refractivity (Wildman–Crippen MR) is 107 cm³/mol. The summed E-state index contributed by atoms with van der Waals surface area (Å²) in [4.78, 5) is 13.4. The second kappa shape index (κ2) is 8.21. The normalized spacial score (nSPS) is 18.8. The molecule has 8 nitrogen and oxygen atoms in total. The summed E-state index contributed by atoms with van der Waals surface area (Å²) in [6.07, 6.45) is 0. The third kappa shape index (κ3) is 4.34. The summed E-state index contributed by atoms with van der Waals surface area (Å²) in [7, 11) is -3.72. The highest BCUT2D eigenvalue weighted by Crippen LogP contribution is 2.22. The zero-order valence-corrected chi connectivity index (χ0v) is 17.1. The number of aryl methyl sites for hydroxylation is 1. The van der Waals surface area contributed by atoms with E-state index in [1.54, 1.807) is 0 Å². The first-order valence-electron chi connectivity index (χ1n) is 9.62. The van der Waals surface area contributed by atoms with Crippen molar-refractivity contribution in [3.63, 3.8) is 0 Å². The summed E-state index contributed by atoms with van der Waals surface area (Å²) < 4.78 is 45.8. The lowest BCUT2D eigenvalue weighted by molar-refractivity contribution is 0.122. The molecule has 0 atom stereocenters. The Morgan fingerprint density at radius 1 is 0.966 bits per heavy atom. The molecule has 2 saturated heterocycles. The number of hydrogen-bond donors (Lipinski definition) is 0. The van der Waals surface area contributed by atoms with E-state index < -0.39 is 15.8 Å². The minimum absolute atomic E-state index is 0.0210. The molecule has 4 rings (SSSR count). The van der Waals surface area contributed by atoms with Crippen molar-refractivity contribution in [1.82, 2.24) is 14.3 Å². The molecule has 0 bridgehead atoms. The molecule has 0 unspecified atom stereocenters. The molecule has 2 aliphatic rings. The summed E-state index contributed by atoms with van der Waals surface area (Å²) in [5.41, 5.74) is 0.867. The van der Waals surface area contributed by atoms with Crippen molar-refractivity contribution in [3.05, 3.63) is 41.8 Å². The van der Waals surface area contributed by atoms with Crippen LogP contribution in [0.5, 0.6) is 0 Å². The highest BCUT2D eigenvalue weighted by Gasteiger charge is 2.30. The Bertz CT molecular complexity index is 974. The molecule has 0 spiro atoms. The number of piperazine rings is 1. The van der Waals surface area contributed by atoms with Crippen LogP contribution in [-0.2, 0) is 14.8 Å². The van der Waals surface area contributed by atoms with Gasteiger partial charge in [-0.2, -0.15) is 9.29 Å². The number of sulfonamides is 1. The van der Waals surface area contributed by atoms with Crippen LogP contribution in [0, 0.1) is 12.7 Å². The number of anilines is 2. The highest BCUT2D eigenvalue weighted by molar-refractivity contribution is 7.89. The van der Waals surface area contributed by atoms with Crippen LogP contribution in [0.2, 0.25) is 0 Å². The summed E-state index contributed by atoms with van der Waals surface area (Å²) in [6, 6.07) is 7.08. The second-order valence-corrected chi connectivity index (χ2v) is 9.05. The van der Waals surface area contributed by atoms with Gasteiger partial charge in [0.2, 0.25) is 16.0 Å². The molecule has 2 fully saturated rings. The van der Waals surface area contributed by atoms with Crippen molar-refractivity contribution >= 4 is 21.8 Å². The Kier molecular flexibility index (Phi) is 5.66. The maximum atomic E-state index is 13.5. The molecule has 10 heteroatoms. The molecule has 3 heterocycles. The lowest BCUT2D eigenvalue weighted by Gasteiger charge is -2.35. The first kappa shape index (κ1) is 20.0. The largest absolute Gasteiger partial charge is 0.378 e. The quantitative estimate of drug-likeness (QED) is 0.736. The van der Waals surface area contributed by atoms with Gasteiger partial charge in [-0.15, -0.1) is 0 Å². The number of hydrogen-bond acceptors (Lipinski definition) is 7. The lowest BCUT2D eigenvalue weighted by atomic mass is 10.3. The van der Waals surface area contributed by atoms with Crippen molar-refractivity contribution in [2.75, 3.05) is 62.3 Å². The number of aromatic nitrogens is 2. The lowest BCUT2D eigenvalue weighted by Crippen LogP contribution is -2.49. The summed E-state index contributed by atoms with van der Waals surface area (Å²) in [6.45, 7) is 6.39. The number of morpholine rings is 1. The van der Waals surface area contributed by atoms with E-state index in [0.717, 1.165) is 30.7 Å². The van der Waals surface area contributed by atoms with E-state index in [9.17, 15) is 12.8 Å². The van der Waals surface area contributed by atoms with Gasteiger partial charge < -0.3 is 14.5 Å². The van der Waals surface area contributed by atoms with Crippen LogP contribution in [0.4, 0.5) is 16.2 Å². The molecule has 0 saturated carbocycles. The predicted octanol–water partition coefficient (Wildman–Crippen LogP) is 1.27. The number of ether oxygens (including phenoxy) is 1. The van der Waals surface area contributed by atoms with Gasteiger partial charge in [0.1, 0.15) is 11.6 Å². The van der Waals surface area contributed by atoms with E-state index in [1.807, 2.05) is 17.9 Å². The molecule has 1 aromatic heterocycles. The Morgan fingerprint density at radius 2 is 1.69 bits per heavy atom. The number of rotatable bonds is 4. The Balaban J connectivity index is 1.47. The Morgan fingerprint density at radius 3 is 2.38 bits per heavy atom. The average Bonchev–Trinajstić information content (AvgIpc) is 2.74. The molecule has 2 aromatic rings. The average molecular weight is 421 g/mol. The molecule has 2 aliphatic heterocycles. The van der Waals surface area contributed by atoms with Crippen LogP contribution in [0.25, 0.3) is 0 Å². The van der Waals surface area contributed by atoms with Gasteiger partial charge in [-0.1, -0.05) is 6.07 Å². The molecule has 29 heavy (non-hydrogen) atoms. The number of halogens is 1.